The second-order valence-electron chi connectivity index (χ2n) is 10.4. The van der Waals surface area contributed by atoms with Crippen LogP contribution in [0.3, 0.4) is 0 Å². The highest BCUT2D eigenvalue weighted by Gasteiger charge is 2.40. The molecule has 4 N–H and O–H groups in total. The van der Waals surface area contributed by atoms with E-state index >= 15 is 4.39 Å². The van der Waals surface area contributed by atoms with Crippen molar-refractivity contribution in [2.24, 2.45) is 7.05 Å². The quantitative estimate of drug-likeness (QED) is 0.307. The highest BCUT2D eigenvalue weighted by molar-refractivity contribution is 6.04. The summed E-state index contributed by atoms with van der Waals surface area (Å²) in [6.07, 6.45) is 0.307. The maximum absolute atomic E-state index is 16.5. The van der Waals surface area contributed by atoms with Gasteiger partial charge in [0.2, 0.25) is 5.88 Å². The maximum Gasteiger partial charge on any atom is 0.417 e. The first kappa shape index (κ1) is 27.8. The summed E-state index contributed by atoms with van der Waals surface area (Å²) in [5.41, 5.74) is 0.862. The highest BCUT2D eigenvalue weighted by Crippen LogP contribution is 2.45. The molecule has 13 heteroatoms. The molecule has 2 aliphatic heterocycles. The molecular weight excluding hydrogens is 535 g/mol. The van der Waals surface area contributed by atoms with Crippen molar-refractivity contribution < 1.29 is 31.5 Å². The second kappa shape index (κ2) is 10.3. The van der Waals surface area contributed by atoms with Gasteiger partial charge in [0.15, 0.2) is 5.82 Å². The van der Waals surface area contributed by atoms with Crippen molar-refractivity contribution >= 4 is 11.6 Å². The lowest BCUT2D eigenvalue weighted by Crippen LogP contribution is -2.49. The number of pyridine rings is 1. The van der Waals surface area contributed by atoms with E-state index < -0.39 is 57.9 Å². The number of hydrogen-bond acceptors (Lipinski definition) is 6. The number of carbonyl (C=O) groups is 1. The van der Waals surface area contributed by atoms with Crippen LogP contribution in [-0.2, 0) is 13.2 Å². The molecule has 40 heavy (non-hydrogen) atoms. The van der Waals surface area contributed by atoms with Crippen molar-refractivity contribution in [3.05, 3.63) is 46.8 Å². The van der Waals surface area contributed by atoms with Crippen LogP contribution in [0.2, 0.25) is 0 Å². The molecule has 1 amide bonds. The first-order valence-electron chi connectivity index (χ1n) is 12.9. The minimum atomic E-state index is -5.07. The number of aryl methyl sites for hydroxylation is 1. The zero-order chi connectivity index (χ0) is 28.9. The molecule has 2 bridgehead atoms. The Morgan fingerprint density at radius 1 is 1.15 bits per heavy atom. The van der Waals surface area contributed by atoms with Gasteiger partial charge in [-0.05, 0) is 44.7 Å². The van der Waals surface area contributed by atoms with E-state index in [1.54, 1.807) is 14.0 Å². The van der Waals surface area contributed by atoms with E-state index in [1.807, 2.05) is 0 Å². The molecule has 2 aliphatic rings. The summed E-state index contributed by atoms with van der Waals surface area (Å²) in [4.78, 5) is 17.8. The molecular formula is C27H29F5N6O2. The number of amides is 1. The van der Waals surface area contributed by atoms with Crippen molar-refractivity contribution in [1.82, 2.24) is 25.4 Å². The minimum absolute atomic E-state index is 0.00474. The zero-order valence-electron chi connectivity index (χ0n) is 22.1. The van der Waals surface area contributed by atoms with Crippen molar-refractivity contribution in [2.75, 3.05) is 12.3 Å². The standard InChI is InChI=1S/C27H29F5N6O2/c1-12-7-15-5-4-6-16(36-15)10-34-25(39)20-19(14-9-35-38(3)11-14)23(29)24(37-26(20)40-12)17-8-18(33)22(28)13(2)21(17)27(30,31)32/h8-9,11-12,15-16,36H,4-7,10,33H2,1-3H3,(H,34,39)/t12-,15?,16?/m0/s1. The number of anilines is 1. The first-order chi connectivity index (χ1) is 18.8. The van der Waals surface area contributed by atoms with Crippen LogP contribution in [0.1, 0.15) is 54.1 Å². The number of nitrogens with one attached hydrogen (secondary N) is 2. The highest BCUT2D eigenvalue weighted by atomic mass is 19.4. The summed E-state index contributed by atoms with van der Waals surface area (Å²) in [5.74, 6) is -3.52. The molecule has 3 aromatic rings. The Morgan fingerprint density at radius 3 is 2.55 bits per heavy atom. The number of piperidine rings is 1. The Balaban J connectivity index is 1.81. The average molecular weight is 565 g/mol. The average Bonchev–Trinajstić information content (AvgIpc) is 3.30. The maximum atomic E-state index is 16.5. The van der Waals surface area contributed by atoms with Crippen LogP contribution in [0.15, 0.2) is 18.5 Å². The van der Waals surface area contributed by atoms with Crippen molar-refractivity contribution in [3.63, 3.8) is 0 Å². The third-order valence-electron chi connectivity index (χ3n) is 7.41. The van der Waals surface area contributed by atoms with Gasteiger partial charge in [-0.2, -0.15) is 18.3 Å². The number of halogens is 5. The number of hydrogen-bond donors (Lipinski definition) is 3. The SMILES string of the molecule is Cc1c(F)c(N)cc(-c2nc3c(c(-c4cnn(C)c4)c2F)C(=O)NCC2CCCC(C[C@H](C)O3)N2)c1C(F)(F)F. The van der Waals surface area contributed by atoms with E-state index in [1.165, 1.54) is 17.1 Å². The van der Waals surface area contributed by atoms with Crippen molar-refractivity contribution in [1.29, 1.82) is 0 Å². The number of aromatic nitrogens is 3. The van der Waals surface area contributed by atoms with Gasteiger partial charge < -0.3 is 21.1 Å². The summed E-state index contributed by atoms with van der Waals surface area (Å²) in [5, 5.41) is 10.4. The van der Waals surface area contributed by atoms with Crippen LogP contribution in [0.5, 0.6) is 5.88 Å². The smallest absolute Gasteiger partial charge is 0.417 e. The van der Waals surface area contributed by atoms with Crippen LogP contribution in [0.4, 0.5) is 27.6 Å². The molecule has 1 fully saturated rings. The molecule has 5 rings (SSSR count). The number of rotatable bonds is 2. The van der Waals surface area contributed by atoms with Crippen molar-refractivity contribution in [3.8, 4) is 28.3 Å². The summed E-state index contributed by atoms with van der Waals surface area (Å²) >= 11 is 0. The summed E-state index contributed by atoms with van der Waals surface area (Å²) in [6.45, 7) is 2.92. The predicted octanol–water partition coefficient (Wildman–Crippen LogP) is 4.75. The molecule has 2 aromatic heterocycles. The zero-order valence-corrected chi connectivity index (χ0v) is 22.1. The molecule has 0 saturated carbocycles. The third-order valence-corrected chi connectivity index (χ3v) is 7.41. The van der Waals surface area contributed by atoms with Crippen LogP contribution in [-0.4, -0.2) is 45.4 Å². The van der Waals surface area contributed by atoms with E-state index in [4.69, 9.17) is 10.5 Å². The van der Waals surface area contributed by atoms with Crippen molar-refractivity contribution in [2.45, 2.75) is 63.9 Å². The molecule has 4 heterocycles. The van der Waals surface area contributed by atoms with Gasteiger partial charge in [-0.15, -0.1) is 0 Å². The van der Waals surface area contributed by atoms with Crippen LogP contribution < -0.4 is 21.1 Å². The van der Waals surface area contributed by atoms with E-state index in [2.05, 4.69) is 20.7 Å². The summed E-state index contributed by atoms with van der Waals surface area (Å²) < 4.78 is 81.2. The van der Waals surface area contributed by atoms with Gasteiger partial charge >= 0.3 is 6.18 Å². The molecule has 2 unspecified atom stereocenters. The lowest BCUT2D eigenvalue weighted by atomic mass is 9.93. The monoisotopic (exact) mass is 564 g/mol. The molecule has 214 valence electrons. The number of carbonyl (C=O) groups excluding carboxylic acids is 1. The Morgan fingerprint density at radius 2 is 1.88 bits per heavy atom. The van der Waals surface area contributed by atoms with Gasteiger partial charge in [-0.3, -0.25) is 9.48 Å². The number of nitrogen functional groups attached to an aromatic ring is 1. The third kappa shape index (κ3) is 5.09. The summed E-state index contributed by atoms with van der Waals surface area (Å²) in [6, 6.07) is 0.786. The number of fused-ring (bicyclic) bond motifs is 3. The topological polar surface area (TPSA) is 107 Å². The van der Waals surface area contributed by atoms with Gasteiger partial charge in [-0.25, -0.2) is 13.8 Å². The fraction of sp³-hybridized carbons (Fsp3) is 0.444. The Bertz CT molecular complexity index is 1470. The summed E-state index contributed by atoms with van der Waals surface area (Å²) in [7, 11) is 1.57. The lowest BCUT2D eigenvalue weighted by molar-refractivity contribution is -0.137. The van der Waals surface area contributed by atoms with Gasteiger partial charge in [0.25, 0.3) is 5.91 Å². The van der Waals surface area contributed by atoms with Gasteiger partial charge in [0, 0.05) is 48.6 Å². The van der Waals surface area contributed by atoms with Gasteiger partial charge in [0.1, 0.15) is 17.1 Å². The predicted molar refractivity (Wildman–Crippen MR) is 138 cm³/mol. The first-order valence-corrected chi connectivity index (χ1v) is 12.9. The fourth-order valence-corrected chi connectivity index (χ4v) is 5.61. The van der Waals surface area contributed by atoms with Crippen LogP contribution in [0.25, 0.3) is 22.4 Å². The Hall–Kier alpha value is -3.74. The Labute approximate surface area is 227 Å². The molecule has 0 radical (unpaired) electrons. The molecule has 0 spiro atoms. The molecule has 1 saturated heterocycles. The van der Waals surface area contributed by atoms with E-state index in [9.17, 15) is 22.4 Å². The number of ether oxygens (including phenoxy) is 1. The van der Waals surface area contributed by atoms with E-state index in [-0.39, 0.29) is 41.2 Å². The number of nitrogens with two attached hydrogens (primary N) is 1. The number of alkyl halides is 3. The Kier molecular flexibility index (Phi) is 7.19. The van der Waals surface area contributed by atoms with E-state index in [0.717, 1.165) is 26.2 Å². The van der Waals surface area contributed by atoms with E-state index in [0.29, 0.717) is 12.5 Å². The van der Waals surface area contributed by atoms with Gasteiger partial charge in [-0.1, -0.05) is 6.42 Å². The molecule has 3 atom stereocenters. The fourth-order valence-electron chi connectivity index (χ4n) is 5.61. The largest absolute Gasteiger partial charge is 0.474 e. The second-order valence-corrected chi connectivity index (χ2v) is 10.4. The lowest BCUT2D eigenvalue weighted by Gasteiger charge is -2.32. The molecule has 8 nitrogen and oxygen atoms in total. The number of benzene rings is 1. The van der Waals surface area contributed by atoms with Crippen LogP contribution in [0, 0.1) is 18.6 Å². The minimum Gasteiger partial charge on any atom is -0.474 e. The normalized spacial score (nSPS) is 21.7. The molecule has 0 aliphatic carbocycles. The van der Waals surface area contributed by atoms with Crippen LogP contribution >= 0.6 is 0 Å². The number of nitrogens with zero attached hydrogens (tertiary/aromatic N) is 3. The molecule has 1 aromatic carbocycles. The van der Waals surface area contributed by atoms with Gasteiger partial charge in [0.05, 0.1) is 23.6 Å².